The molecule has 29 heavy (non-hydrogen) atoms. The number of nitrogens with one attached hydrogen (secondary N) is 1. The average Bonchev–Trinajstić information content (AvgIpc) is 2.74. The van der Waals surface area contributed by atoms with E-state index in [4.69, 9.17) is 9.57 Å². The topological polar surface area (TPSA) is 59.9 Å². The molecule has 3 aromatic rings. The maximum absolute atomic E-state index is 14.6. The monoisotopic (exact) mass is 392 g/mol. The summed E-state index contributed by atoms with van der Waals surface area (Å²) in [7, 11) is 2.87. The van der Waals surface area contributed by atoms with Gasteiger partial charge in [-0.3, -0.25) is 4.79 Å². The second-order valence-electron chi connectivity index (χ2n) is 6.26. The summed E-state index contributed by atoms with van der Waals surface area (Å²) < 4.78 is 20.7. The smallest absolute Gasteiger partial charge is 0.273 e. The molecule has 0 bridgehead atoms. The van der Waals surface area contributed by atoms with Crippen molar-refractivity contribution >= 4 is 11.6 Å². The molecule has 0 unspecified atom stereocenters. The van der Waals surface area contributed by atoms with E-state index >= 15 is 0 Å². The number of rotatable bonds is 6. The Hall–Kier alpha value is -3.67. The van der Waals surface area contributed by atoms with Gasteiger partial charge in [0.25, 0.3) is 5.91 Å². The SMILES string of the molecule is CNC(=O)C(=NOC)c1ccccc1Oc1cc(-c2ccccc2)c(F)cc1C. The fourth-order valence-electron chi connectivity index (χ4n) is 2.89. The summed E-state index contributed by atoms with van der Waals surface area (Å²) >= 11 is 0. The molecule has 0 atom stereocenters. The molecular weight excluding hydrogens is 371 g/mol. The molecule has 1 amide bonds. The Morgan fingerprint density at radius 2 is 1.69 bits per heavy atom. The van der Waals surface area contributed by atoms with Crippen LogP contribution in [0.5, 0.6) is 11.5 Å². The van der Waals surface area contributed by atoms with Crippen molar-refractivity contribution < 1.29 is 18.8 Å². The number of ether oxygens (including phenoxy) is 1. The van der Waals surface area contributed by atoms with Crippen LogP contribution in [0.1, 0.15) is 11.1 Å². The average molecular weight is 392 g/mol. The first-order valence-corrected chi connectivity index (χ1v) is 9.01. The van der Waals surface area contributed by atoms with Crippen LogP contribution in [-0.2, 0) is 9.63 Å². The van der Waals surface area contributed by atoms with Gasteiger partial charge in [-0.2, -0.15) is 0 Å². The Bertz CT molecular complexity index is 1050. The van der Waals surface area contributed by atoms with Crippen LogP contribution in [0.25, 0.3) is 11.1 Å². The van der Waals surface area contributed by atoms with E-state index in [1.54, 1.807) is 37.3 Å². The molecule has 6 heteroatoms. The lowest BCUT2D eigenvalue weighted by Crippen LogP contribution is -2.28. The van der Waals surface area contributed by atoms with Crippen molar-refractivity contribution in [3.05, 3.63) is 83.7 Å². The molecule has 3 aromatic carbocycles. The number of likely N-dealkylation sites (N-methyl/N-ethyl adjacent to an activating group) is 1. The maximum atomic E-state index is 14.6. The van der Waals surface area contributed by atoms with Gasteiger partial charge in [0.05, 0.1) is 5.56 Å². The summed E-state index contributed by atoms with van der Waals surface area (Å²) in [6.07, 6.45) is 0. The second-order valence-corrected chi connectivity index (χ2v) is 6.26. The molecule has 148 valence electrons. The predicted molar refractivity (Wildman–Crippen MR) is 111 cm³/mol. The van der Waals surface area contributed by atoms with Gasteiger partial charge in [0, 0.05) is 12.6 Å². The van der Waals surface area contributed by atoms with Crippen LogP contribution in [0.2, 0.25) is 0 Å². The molecule has 0 spiro atoms. The zero-order valence-corrected chi connectivity index (χ0v) is 16.4. The maximum Gasteiger partial charge on any atom is 0.273 e. The van der Waals surface area contributed by atoms with Gasteiger partial charge in [-0.1, -0.05) is 47.6 Å². The Morgan fingerprint density at radius 1 is 1.00 bits per heavy atom. The van der Waals surface area contributed by atoms with E-state index in [0.29, 0.717) is 28.2 Å². The van der Waals surface area contributed by atoms with Gasteiger partial charge in [0.2, 0.25) is 0 Å². The highest BCUT2D eigenvalue weighted by atomic mass is 19.1. The second kappa shape index (κ2) is 9.01. The Morgan fingerprint density at radius 3 is 2.38 bits per heavy atom. The lowest BCUT2D eigenvalue weighted by molar-refractivity contribution is -0.114. The van der Waals surface area contributed by atoms with Crippen LogP contribution < -0.4 is 10.1 Å². The van der Waals surface area contributed by atoms with Crippen molar-refractivity contribution in [2.24, 2.45) is 5.16 Å². The van der Waals surface area contributed by atoms with Gasteiger partial charge in [-0.05, 0) is 42.3 Å². The summed E-state index contributed by atoms with van der Waals surface area (Å²) in [5, 5.41) is 6.37. The molecule has 1 N–H and O–H groups in total. The van der Waals surface area contributed by atoms with E-state index in [-0.39, 0.29) is 11.5 Å². The normalized spacial score (nSPS) is 11.1. The molecule has 0 saturated heterocycles. The highest BCUT2D eigenvalue weighted by molar-refractivity contribution is 6.45. The van der Waals surface area contributed by atoms with E-state index in [1.165, 1.54) is 20.2 Å². The summed E-state index contributed by atoms with van der Waals surface area (Å²) in [4.78, 5) is 17.1. The number of carbonyl (C=O) groups excluding carboxylic acids is 1. The molecule has 0 aliphatic carbocycles. The van der Waals surface area contributed by atoms with Gasteiger partial charge in [0.15, 0.2) is 5.71 Å². The molecule has 0 saturated carbocycles. The minimum absolute atomic E-state index is 0.0775. The summed E-state index contributed by atoms with van der Waals surface area (Å²) in [5.41, 5.74) is 2.34. The number of halogens is 1. The number of nitrogens with zero attached hydrogens (tertiary/aromatic N) is 1. The number of oxime groups is 1. The molecule has 5 nitrogen and oxygen atoms in total. The summed E-state index contributed by atoms with van der Waals surface area (Å²) in [6.45, 7) is 1.76. The number of hydrogen-bond donors (Lipinski definition) is 1. The Balaban J connectivity index is 2.06. The number of aryl methyl sites for hydroxylation is 1. The molecule has 0 fully saturated rings. The van der Waals surface area contributed by atoms with E-state index in [0.717, 1.165) is 5.56 Å². The molecule has 0 aliphatic heterocycles. The number of amides is 1. The quantitative estimate of drug-likeness (QED) is 0.489. The lowest BCUT2D eigenvalue weighted by Gasteiger charge is -2.15. The van der Waals surface area contributed by atoms with Crippen molar-refractivity contribution in [2.45, 2.75) is 6.92 Å². The third-order valence-corrected chi connectivity index (χ3v) is 4.34. The minimum Gasteiger partial charge on any atom is -0.456 e. The predicted octanol–water partition coefficient (Wildman–Crippen LogP) is 4.69. The molecule has 0 radical (unpaired) electrons. The third kappa shape index (κ3) is 4.43. The minimum atomic E-state index is -0.413. The van der Waals surface area contributed by atoms with Crippen molar-refractivity contribution in [1.29, 1.82) is 0 Å². The van der Waals surface area contributed by atoms with Crippen molar-refractivity contribution in [2.75, 3.05) is 14.2 Å². The van der Waals surface area contributed by atoms with Crippen LogP contribution in [0.4, 0.5) is 4.39 Å². The standard InChI is InChI=1S/C23H21FN2O3/c1-15-13-19(24)18(16-9-5-4-6-10-16)14-21(15)29-20-12-8-7-11-17(20)22(26-28-3)23(27)25-2/h4-14H,1-3H3,(H,25,27). The fourth-order valence-corrected chi connectivity index (χ4v) is 2.89. The van der Waals surface area contributed by atoms with E-state index in [9.17, 15) is 9.18 Å². The first-order valence-electron chi connectivity index (χ1n) is 9.01. The van der Waals surface area contributed by atoms with Crippen LogP contribution in [0.15, 0.2) is 71.9 Å². The van der Waals surface area contributed by atoms with E-state index in [1.807, 2.05) is 30.3 Å². The molecule has 0 aliphatic rings. The lowest BCUT2D eigenvalue weighted by atomic mass is 10.0. The number of para-hydroxylation sites is 1. The fraction of sp³-hybridized carbons (Fsp3) is 0.130. The van der Waals surface area contributed by atoms with E-state index in [2.05, 4.69) is 10.5 Å². The summed E-state index contributed by atoms with van der Waals surface area (Å²) in [6, 6.07) is 19.3. The highest BCUT2D eigenvalue weighted by Crippen LogP contribution is 2.34. The molecule has 0 aromatic heterocycles. The molecule has 3 rings (SSSR count). The largest absolute Gasteiger partial charge is 0.456 e. The van der Waals surface area contributed by atoms with Crippen LogP contribution in [0.3, 0.4) is 0 Å². The zero-order valence-electron chi connectivity index (χ0n) is 16.4. The van der Waals surface area contributed by atoms with E-state index < -0.39 is 5.91 Å². The highest BCUT2D eigenvalue weighted by Gasteiger charge is 2.19. The van der Waals surface area contributed by atoms with Crippen molar-refractivity contribution in [3.8, 4) is 22.6 Å². The van der Waals surface area contributed by atoms with Crippen molar-refractivity contribution in [3.63, 3.8) is 0 Å². The van der Waals surface area contributed by atoms with Gasteiger partial charge in [-0.15, -0.1) is 0 Å². The molecule has 0 heterocycles. The summed E-state index contributed by atoms with van der Waals surface area (Å²) in [5.74, 6) is 0.136. The molecular formula is C23H21FN2O3. The zero-order chi connectivity index (χ0) is 20.8. The van der Waals surface area contributed by atoms with Crippen LogP contribution in [-0.4, -0.2) is 25.8 Å². The van der Waals surface area contributed by atoms with Gasteiger partial charge in [-0.25, -0.2) is 4.39 Å². The van der Waals surface area contributed by atoms with Gasteiger partial charge in [0.1, 0.15) is 24.4 Å². The first kappa shape index (κ1) is 20.1. The van der Waals surface area contributed by atoms with Crippen LogP contribution in [0, 0.1) is 12.7 Å². The van der Waals surface area contributed by atoms with Gasteiger partial charge >= 0.3 is 0 Å². The number of benzene rings is 3. The van der Waals surface area contributed by atoms with Gasteiger partial charge < -0.3 is 14.9 Å². The Kier molecular flexibility index (Phi) is 6.24. The van der Waals surface area contributed by atoms with Crippen molar-refractivity contribution in [1.82, 2.24) is 5.32 Å². The number of carbonyl (C=O) groups is 1. The number of hydrogen-bond acceptors (Lipinski definition) is 4. The Labute approximate surface area is 168 Å². The first-order chi connectivity index (χ1) is 14.0. The van der Waals surface area contributed by atoms with Crippen LogP contribution >= 0.6 is 0 Å². The third-order valence-electron chi connectivity index (χ3n) is 4.34.